The van der Waals surface area contributed by atoms with Gasteiger partial charge in [0, 0.05) is 6.54 Å². The summed E-state index contributed by atoms with van der Waals surface area (Å²) in [5.74, 6) is 0.943. The molecule has 0 saturated carbocycles. The Morgan fingerprint density at radius 2 is 2.00 bits per heavy atom. The van der Waals surface area contributed by atoms with Crippen molar-refractivity contribution in [2.75, 3.05) is 19.6 Å². The van der Waals surface area contributed by atoms with Gasteiger partial charge in [-0.05, 0) is 31.8 Å². The van der Waals surface area contributed by atoms with Gasteiger partial charge in [-0.2, -0.15) is 0 Å². The van der Waals surface area contributed by atoms with Crippen molar-refractivity contribution >= 4 is 0 Å². The maximum atomic E-state index is 2.54. The standard InChI is InChI=1S/C8H17N.C2H6/c1-3-9-6-4-5-8(2)7-9;1-2/h8H,3-7H2,1-2H3;1-2H3/t8-;/m0./s1. The van der Waals surface area contributed by atoms with E-state index in [1.54, 1.807) is 0 Å². The Labute approximate surface area is 71.8 Å². The monoisotopic (exact) mass is 157 g/mol. The van der Waals surface area contributed by atoms with E-state index in [1.807, 2.05) is 13.8 Å². The fourth-order valence-electron chi connectivity index (χ4n) is 1.57. The molecule has 1 atom stereocenters. The van der Waals surface area contributed by atoms with Crippen LogP contribution in [0.25, 0.3) is 0 Å². The Bertz CT molecular complexity index is 80.9. The molecule has 0 amide bonds. The van der Waals surface area contributed by atoms with Gasteiger partial charge >= 0.3 is 0 Å². The first kappa shape index (κ1) is 11.0. The van der Waals surface area contributed by atoms with Crippen molar-refractivity contribution in [3.05, 3.63) is 0 Å². The molecule has 68 valence electrons. The molecule has 0 aliphatic carbocycles. The van der Waals surface area contributed by atoms with E-state index < -0.39 is 0 Å². The SMILES string of the molecule is CC.CCN1CCC[C@H](C)C1. The van der Waals surface area contributed by atoms with Gasteiger partial charge in [0.15, 0.2) is 0 Å². The van der Waals surface area contributed by atoms with Crippen LogP contribution in [0.15, 0.2) is 0 Å². The molecule has 0 aromatic rings. The number of rotatable bonds is 1. The molecule has 0 radical (unpaired) electrons. The van der Waals surface area contributed by atoms with E-state index in [9.17, 15) is 0 Å². The molecule has 1 saturated heterocycles. The van der Waals surface area contributed by atoms with E-state index in [0.717, 1.165) is 5.92 Å². The molecule has 1 rings (SSSR count). The summed E-state index contributed by atoms with van der Waals surface area (Å²) in [5, 5.41) is 0. The molecule has 1 aliphatic heterocycles. The maximum Gasteiger partial charge on any atom is 0.000691 e. The number of nitrogens with zero attached hydrogens (tertiary/aromatic N) is 1. The van der Waals surface area contributed by atoms with Crippen molar-refractivity contribution in [2.24, 2.45) is 5.92 Å². The highest BCUT2D eigenvalue weighted by atomic mass is 15.1. The summed E-state index contributed by atoms with van der Waals surface area (Å²) in [6, 6.07) is 0. The first-order chi connectivity index (χ1) is 5.33. The first-order valence-electron chi connectivity index (χ1n) is 5.05. The fraction of sp³-hybridized carbons (Fsp3) is 1.00. The van der Waals surface area contributed by atoms with Crippen LogP contribution in [-0.2, 0) is 0 Å². The van der Waals surface area contributed by atoms with Gasteiger partial charge in [0.25, 0.3) is 0 Å². The molecule has 0 bridgehead atoms. The molecular formula is C10H23N. The Morgan fingerprint density at radius 3 is 2.36 bits per heavy atom. The Hall–Kier alpha value is -0.0400. The second-order valence-electron chi connectivity index (χ2n) is 3.14. The summed E-state index contributed by atoms with van der Waals surface area (Å²) in [4.78, 5) is 2.54. The van der Waals surface area contributed by atoms with E-state index in [2.05, 4.69) is 18.7 Å². The average molecular weight is 157 g/mol. The van der Waals surface area contributed by atoms with E-state index in [1.165, 1.54) is 32.5 Å². The van der Waals surface area contributed by atoms with E-state index in [-0.39, 0.29) is 0 Å². The van der Waals surface area contributed by atoms with Crippen LogP contribution in [0.5, 0.6) is 0 Å². The number of hydrogen-bond donors (Lipinski definition) is 0. The van der Waals surface area contributed by atoms with Gasteiger partial charge in [0.2, 0.25) is 0 Å². The van der Waals surface area contributed by atoms with Crippen LogP contribution < -0.4 is 0 Å². The van der Waals surface area contributed by atoms with Crippen LogP contribution in [0.1, 0.15) is 40.5 Å². The van der Waals surface area contributed by atoms with Gasteiger partial charge < -0.3 is 4.90 Å². The predicted molar refractivity (Wildman–Crippen MR) is 51.9 cm³/mol. The Balaban J connectivity index is 0.000000461. The second kappa shape index (κ2) is 6.66. The topological polar surface area (TPSA) is 3.24 Å². The summed E-state index contributed by atoms with van der Waals surface area (Å²) in [6.07, 6.45) is 2.85. The van der Waals surface area contributed by atoms with Gasteiger partial charge in [-0.15, -0.1) is 0 Å². The highest BCUT2D eigenvalue weighted by Crippen LogP contribution is 2.14. The number of piperidine rings is 1. The molecule has 0 spiro atoms. The zero-order valence-electron chi connectivity index (χ0n) is 8.56. The third kappa shape index (κ3) is 4.41. The fourth-order valence-corrected chi connectivity index (χ4v) is 1.57. The minimum atomic E-state index is 0.943. The smallest absolute Gasteiger partial charge is 0.000691 e. The van der Waals surface area contributed by atoms with Crippen molar-refractivity contribution in [1.29, 1.82) is 0 Å². The van der Waals surface area contributed by atoms with Gasteiger partial charge in [-0.1, -0.05) is 27.7 Å². The van der Waals surface area contributed by atoms with Crippen LogP contribution >= 0.6 is 0 Å². The van der Waals surface area contributed by atoms with E-state index in [4.69, 9.17) is 0 Å². The lowest BCUT2D eigenvalue weighted by atomic mass is 10.0. The lowest BCUT2D eigenvalue weighted by Crippen LogP contribution is -2.33. The maximum absolute atomic E-state index is 2.54. The molecule has 1 heterocycles. The molecule has 0 unspecified atom stereocenters. The lowest BCUT2D eigenvalue weighted by Gasteiger charge is -2.29. The minimum absolute atomic E-state index is 0.943. The zero-order chi connectivity index (χ0) is 8.69. The van der Waals surface area contributed by atoms with Gasteiger partial charge in [-0.3, -0.25) is 0 Å². The predicted octanol–water partition coefficient (Wildman–Crippen LogP) is 2.76. The first-order valence-corrected chi connectivity index (χ1v) is 5.05. The quantitative estimate of drug-likeness (QED) is 0.565. The summed E-state index contributed by atoms with van der Waals surface area (Å²) in [7, 11) is 0. The number of likely N-dealkylation sites (tertiary alicyclic amines) is 1. The molecule has 1 aliphatic rings. The molecule has 0 N–H and O–H groups in total. The molecular weight excluding hydrogens is 134 g/mol. The molecule has 1 fully saturated rings. The van der Waals surface area contributed by atoms with Gasteiger partial charge in [0.1, 0.15) is 0 Å². The summed E-state index contributed by atoms with van der Waals surface area (Å²) < 4.78 is 0. The third-order valence-corrected chi connectivity index (χ3v) is 2.19. The second-order valence-corrected chi connectivity index (χ2v) is 3.14. The molecule has 1 nitrogen and oxygen atoms in total. The highest BCUT2D eigenvalue weighted by molar-refractivity contribution is 4.67. The molecule has 11 heavy (non-hydrogen) atoms. The summed E-state index contributed by atoms with van der Waals surface area (Å²) >= 11 is 0. The molecule has 1 heteroatoms. The zero-order valence-corrected chi connectivity index (χ0v) is 8.56. The van der Waals surface area contributed by atoms with Crippen LogP contribution in [0, 0.1) is 5.92 Å². The minimum Gasteiger partial charge on any atom is -0.303 e. The van der Waals surface area contributed by atoms with Gasteiger partial charge in [0.05, 0.1) is 0 Å². The van der Waals surface area contributed by atoms with E-state index in [0.29, 0.717) is 0 Å². The van der Waals surface area contributed by atoms with Gasteiger partial charge in [-0.25, -0.2) is 0 Å². The largest absolute Gasteiger partial charge is 0.303 e. The summed E-state index contributed by atoms with van der Waals surface area (Å²) in [5.41, 5.74) is 0. The third-order valence-electron chi connectivity index (χ3n) is 2.19. The molecule has 0 aromatic carbocycles. The van der Waals surface area contributed by atoms with Crippen molar-refractivity contribution in [3.63, 3.8) is 0 Å². The summed E-state index contributed by atoms with van der Waals surface area (Å²) in [6.45, 7) is 12.5. The lowest BCUT2D eigenvalue weighted by molar-refractivity contribution is 0.192. The van der Waals surface area contributed by atoms with E-state index >= 15 is 0 Å². The van der Waals surface area contributed by atoms with Crippen molar-refractivity contribution in [1.82, 2.24) is 4.90 Å². The molecule has 0 aromatic heterocycles. The Morgan fingerprint density at radius 1 is 1.36 bits per heavy atom. The van der Waals surface area contributed by atoms with Crippen LogP contribution in [0.2, 0.25) is 0 Å². The normalized spacial score (nSPS) is 25.6. The number of hydrogen-bond acceptors (Lipinski definition) is 1. The van der Waals surface area contributed by atoms with Crippen LogP contribution in [0.3, 0.4) is 0 Å². The van der Waals surface area contributed by atoms with Crippen molar-refractivity contribution < 1.29 is 0 Å². The highest BCUT2D eigenvalue weighted by Gasteiger charge is 2.13. The van der Waals surface area contributed by atoms with Crippen molar-refractivity contribution in [3.8, 4) is 0 Å². The Kier molecular flexibility index (Phi) is 6.63. The van der Waals surface area contributed by atoms with Crippen LogP contribution in [0.4, 0.5) is 0 Å². The van der Waals surface area contributed by atoms with Crippen molar-refractivity contribution in [2.45, 2.75) is 40.5 Å². The average Bonchev–Trinajstić information content (AvgIpc) is 2.08. The van der Waals surface area contributed by atoms with Crippen LogP contribution in [-0.4, -0.2) is 24.5 Å².